The van der Waals surface area contributed by atoms with Crippen molar-refractivity contribution in [2.45, 2.75) is 44.6 Å². The van der Waals surface area contributed by atoms with Gasteiger partial charge < -0.3 is 10.0 Å². The lowest BCUT2D eigenvalue weighted by molar-refractivity contribution is -0.128. The van der Waals surface area contributed by atoms with Crippen LogP contribution in [0.1, 0.15) is 39.0 Å². The van der Waals surface area contributed by atoms with Gasteiger partial charge in [0.2, 0.25) is 5.91 Å². The van der Waals surface area contributed by atoms with Crippen molar-refractivity contribution < 1.29 is 9.90 Å². The van der Waals surface area contributed by atoms with Gasteiger partial charge in [0.1, 0.15) is 0 Å². The predicted molar refractivity (Wildman–Crippen MR) is 66.7 cm³/mol. The number of amides is 1. The van der Waals surface area contributed by atoms with Crippen molar-refractivity contribution in [1.29, 1.82) is 0 Å². The second kappa shape index (κ2) is 5.36. The van der Waals surface area contributed by atoms with E-state index >= 15 is 0 Å². The first-order valence-electron chi connectivity index (χ1n) is 6.85. The Morgan fingerprint density at radius 3 is 2.76 bits per heavy atom. The minimum atomic E-state index is -0.493. The van der Waals surface area contributed by atoms with E-state index in [1.165, 1.54) is 0 Å². The number of carbonyl (C=O) groups is 1. The molecule has 17 heavy (non-hydrogen) atoms. The summed E-state index contributed by atoms with van der Waals surface area (Å²) in [7, 11) is 0. The third-order valence-corrected chi connectivity index (χ3v) is 4.15. The zero-order valence-electron chi connectivity index (χ0n) is 10.8. The van der Waals surface area contributed by atoms with Crippen molar-refractivity contribution in [2.75, 3.05) is 32.7 Å². The molecule has 4 nitrogen and oxygen atoms in total. The second-order valence-corrected chi connectivity index (χ2v) is 5.44. The van der Waals surface area contributed by atoms with E-state index in [2.05, 4.69) is 4.90 Å². The molecule has 0 aromatic rings. The Bertz CT molecular complexity index is 283. The lowest BCUT2D eigenvalue weighted by Gasteiger charge is -2.39. The third-order valence-electron chi connectivity index (χ3n) is 4.15. The highest BCUT2D eigenvalue weighted by atomic mass is 16.3. The fourth-order valence-corrected chi connectivity index (χ4v) is 2.89. The highest BCUT2D eigenvalue weighted by Crippen LogP contribution is 2.24. The van der Waals surface area contributed by atoms with Crippen molar-refractivity contribution >= 4 is 5.91 Å². The molecule has 98 valence electrons. The molecule has 2 rings (SSSR count). The van der Waals surface area contributed by atoms with Gasteiger partial charge in [-0.2, -0.15) is 0 Å². The van der Waals surface area contributed by atoms with Gasteiger partial charge in [-0.05, 0) is 32.2 Å². The van der Waals surface area contributed by atoms with Crippen LogP contribution in [-0.4, -0.2) is 59.1 Å². The molecule has 1 N–H and O–H groups in total. The van der Waals surface area contributed by atoms with Gasteiger partial charge in [0, 0.05) is 32.6 Å². The van der Waals surface area contributed by atoms with E-state index in [1.54, 1.807) is 0 Å². The highest BCUT2D eigenvalue weighted by molar-refractivity contribution is 5.78. The van der Waals surface area contributed by atoms with Crippen LogP contribution in [0.3, 0.4) is 0 Å². The Kier molecular flexibility index (Phi) is 4.05. The monoisotopic (exact) mass is 240 g/mol. The fraction of sp³-hybridized carbons (Fsp3) is 0.923. The summed E-state index contributed by atoms with van der Waals surface area (Å²) < 4.78 is 0. The molecule has 2 heterocycles. The van der Waals surface area contributed by atoms with E-state index in [9.17, 15) is 9.90 Å². The van der Waals surface area contributed by atoms with Gasteiger partial charge in [0.25, 0.3) is 0 Å². The van der Waals surface area contributed by atoms with Gasteiger partial charge in [-0.15, -0.1) is 0 Å². The van der Waals surface area contributed by atoms with Crippen LogP contribution in [0.25, 0.3) is 0 Å². The lowest BCUT2D eigenvalue weighted by atomic mass is 9.90. The fourth-order valence-electron chi connectivity index (χ4n) is 2.89. The van der Waals surface area contributed by atoms with Crippen LogP contribution < -0.4 is 0 Å². The minimum absolute atomic E-state index is 0.299. The van der Waals surface area contributed by atoms with Crippen molar-refractivity contribution in [3.63, 3.8) is 0 Å². The zero-order chi connectivity index (χ0) is 12.3. The quantitative estimate of drug-likeness (QED) is 0.792. The molecular weight excluding hydrogens is 216 g/mol. The molecule has 0 spiro atoms. The van der Waals surface area contributed by atoms with Gasteiger partial charge in [-0.3, -0.25) is 9.69 Å². The van der Waals surface area contributed by atoms with Crippen LogP contribution in [0.2, 0.25) is 0 Å². The Morgan fingerprint density at radius 1 is 1.29 bits per heavy atom. The number of nitrogens with zero attached hydrogens (tertiary/aromatic N) is 2. The van der Waals surface area contributed by atoms with Crippen molar-refractivity contribution in [3.8, 4) is 0 Å². The summed E-state index contributed by atoms with van der Waals surface area (Å²) in [6.45, 7) is 6.54. The number of piperidine rings is 1. The molecule has 2 saturated heterocycles. The normalized spacial score (nSPS) is 31.2. The first-order chi connectivity index (χ1) is 8.13. The summed E-state index contributed by atoms with van der Waals surface area (Å²) in [5.41, 5.74) is -0.493. The molecule has 2 fully saturated rings. The third kappa shape index (κ3) is 3.19. The second-order valence-electron chi connectivity index (χ2n) is 5.44. The first-order valence-corrected chi connectivity index (χ1v) is 6.85. The van der Waals surface area contributed by atoms with Gasteiger partial charge in [0.15, 0.2) is 0 Å². The number of likely N-dealkylation sites (tertiary alicyclic amines) is 2. The van der Waals surface area contributed by atoms with Gasteiger partial charge in [0.05, 0.1) is 5.60 Å². The molecule has 2 aliphatic rings. The van der Waals surface area contributed by atoms with Gasteiger partial charge in [-0.1, -0.05) is 6.92 Å². The Morgan fingerprint density at radius 2 is 2.12 bits per heavy atom. The van der Waals surface area contributed by atoms with Crippen molar-refractivity contribution in [3.05, 3.63) is 0 Å². The van der Waals surface area contributed by atoms with E-state index < -0.39 is 5.60 Å². The van der Waals surface area contributed by atoms with Crippen molar-refractivity contribution in [2.24, 2.45) is 0 Å². The number of carbonyl (C=O) groups excluding carboxylic acids is 1. The van der Waals surface area contributed by atoms with E-state index in [4.69, 9.17) is 0 Å². The highest BCUT2D eigenvalue weighted by Gasteiger charge is 2.31. The molecule has 2 aliphatic heterocycles. The largest absolute Gasteiger partial charge is 0.389 e. The molecular formula is C13H24N2O2. The molecule has 4 heteroatoms. The standard InChI is InChI=1S/C13H24N2O2/c1-2-13(17)6-4-7-14(11-13)9-10-15-8-3-5-12(15)16/h17H,2-11H2,1H3. The SMILES string of the molecule is CCC1(O)CCCN(CCN2CCCC2=O)C1. The molecule has 1 unspecified atom stereocenters. The first kappa shape index (κ1) is 12.8. The number of hydrogen-bond donors (Lipinski definition) is 1. The molecule has 1 atom stereocenters. The van der Waals surface area contributed by atoms with Crippen LogP contribution >= 0.6 is 0 Å². The van der Waals surface area contributed by atoms with E-state index in [0.29, 0.717) is 5.91 Å². The molecule has 0 aliphatic carbocycles. The Balaban J connectivity index is 1.77. The minimum Gasteiger partial charge on any atom is -0.389 e. The maximum Gasteiger partial charge on any atom is 0.222 e. The summed E-state index contributed by atoms with van der Waals surface area (Å²) in [4.78, 5) is 15.8. The average Bonchev–Trinajstić information content (AvgIpc) is 2.73. The summed E-state index contributed by atoms with van der Waals surface area (Å²) in [6, 6.07) is 0. The average molecular weight is 240 g/mol. The van der Waals surface area contributed by atoms with Crippen LogP contribution in [0.5, 0.6) is 0 Å². The molecule has 0 bridgehead atoms. The summed E-state index contributed by atoms with van der Waals surface area (Å²) in [5, 5.41) is 10.3. The maximum atomic E-state index is 11.5. The summed E-state index contributed by atoms with van der Waals surface area (Å²) in [5.74, 6) is 0.299. The van der Waals surface area contributed by atoms with Crippen LogP contribution in [-0.2, 0) is 4.79 Å². The number of hydrogen-bond acceptors (Lipinski definition) is 3. The van der Waals surface area contributed by atoms with Gasteiger partial charge >= 0.3 is 0 Å². The lowest BCUT2D eigenvalue weighted by Crippen LogP contribution is -2.49. The van der Waals surface area contributed by atoms with E-state index in [1.807, 2.05) is 11.8 Å². The molecule has 1 amide bonds. The predicted octanol–water partition coefficient (Wildman–Crippen LogP) is 0.846. The number of aliphatic hydroxyl groups is 1. The smallest absolute Gasteiger partial charge is 0.222 e. The Labute approximate surface area is 104 Å². The molecule has 0 aromatic carbocycles. The molecule has 0 saturated carbocycles. The topological polar surface area (TPSA) is 43.8 Å². The number of β-amino-alcohol motifs (C(OH)–C–C–N with tert-alkyl or cyclic N) is 1. The van der Waals surface area contributed by atoms with Crippen molar-refractivity contribution in [1.82, 2.24) is 9.80 Å². The number of rotatable bonds is 4. The van der Waals surface area contributed by atoms with Crippen LogP contribution in [0.4, 0.5) is 0 Å². The van der Waals surface area contributed by atoms with Gasteiger partial charge in [-0.25, -0.2) is 0 Å². The van der Waals surface area contributed by atoms with Crippen LogP contribution in [0, 0.1) is 0 Å². The summed E-state index contributed by atoms with van der Waals surface area (Å²) in [6.07, 6.45) is 4.55. The molecule has 0 radical (unpaired) electrons. The van der Waals surface area contributed by atoms with E-state index in [-0.39, 0.29) is 0 Å². The zero-order valence-corrected chi connectivity index (χ0v) is 10.8. The van der Waals surface area contributed by atoms with E-state index in [0.717, 1.165) is 64.8 Å². The molecule has 0 aromatic heterocycles. The Hall–Kier alpha value is -0.610. The maximum absolute atomic E-state index is 11.5. The van der Waals surface area contributed by atoms with Crippen LogP contribution in [0.15, 0.2) is 0 Å². The summed E-state index contributed by atoms with van der Waals surface area (Å²) >= 11 is 0.